The summed E-state index contributed by atoms with van der Waals surface area (Å²) in [4.78, 5) is 0. The zero-order chi connectivity index (χ0) is 0. The van der Waals surface area contributed by atoms with Crippen LogP contribution in [0.3, 0.4) is 0 Å². The van der Waals surface area contributed by atoms with Gasteiger partial charge in [-0.05, 0) is 0 Å². The summed E-state index contributed by atoms with van der Waals surface area (Å²) >= 11 is 0. The molecule has 0 aromatic heterocycles. The third kappa shape index (κ3) is 21.6. The van der Waals surface area contributed by atoms with E-state index in [0.29, 0.717) is 0 Å². The van der Waals surface area contributed by atoms with Gasteiger partial charge in [0.05, 0.1) is 0 Å². The normalized spacial score (nSPS) is 0. The first-order chi connectivity index (χ1) is 0. The first kappa shape index (κ1) is 52.8. The molecule has 0 amide bonds. The van der Waals surface area contributed by atoms with Gasteiger partial charge in [0.1, 0.15) is 0 Å². The second-order valence-electron chi connectivity index (χ2n) is 0. The van der Waals surface area contributed by atoms with Gasteiger partial charge < -0.3 is 13.8 Å². The monoisotopic (exact) mass is 324 g/mol. The van der Waals surface area contributed by atoms with Crippen molar-refractivity contribution in [2.75, 3.05) is 0 Å². The van der Waals surface area contributed by atoms with Crippen LogP contribution in [-0.4, -0.2) is 76.0 Å². The van der Waals surface area contributed by atoms with Gasteiger partial charge in [0, 0.05) is 0 Å². The summed E-state index contributed by atoms with van der Waals surface area (Å²) in [5.41, 5.74) is 0. The molecule has 0 aromatic carbocycles. The van der Waals surface area contributed by atoms with Crippen LogP contribution in [0.15, 0.2) is 0 Å². The Morgan fingerprint density at radius 1 is 1.00 bits per heavy atom. The van der Waals surface area contributed by atoms with E-state index in [-0.39, 0.29) is 91.2 Å². The van der Waals surface area contributed by atoms with Crippen LogP contribution in [0, 0.1) is 0 Å². The first-order valence-electron chi connectivity index (χ1n) is 0. The predicted molar refractivity (Wildman–Crippen MR) is 31.0 cm³/mol. The molecule has 0 aliphatic rings. The van der Waals surface area contributed by atoms with Crippen LogP contribution in [-0.2, 0) is 0 Å². The quantitative estimate of drug-likeness (QED) is 0.450. The van der Waals surface area contributed by atoms with E-state index < -0.39 is 0 Å². The van der Waals surface area contributed by atoms with Gasteiger partial charge in [0.15, 0.2) is 0 Å². The molecule has 0 aromatic rings. The molecule has 0 aliphatic carbocycles. The minimum absolute atomic E-state index is 0. The van der Waals surface area contributed by atoms with Crippen molar-refractivity contribution in [3.63, 3.8) is 0 Å². The number of hydrogen-bond acceptors (Lipinski definition) is 0. The molecular weight excluding hydrogens is 315 g/mol. The van der Waals surface area contributed by atoms with Crippen molar-refractivity contribution in [1.82, 2.24) is 0 Å². The molecule has 2 radical (unpaired) electrons. The van der Waals surface area contributed by atoms with Crippen LogP contribution in [0.2, 0.25) is 0 Å². The summed E-state index contributed by atoms with van der Waals surface area (Å²) < 4.78 is 0. The maximum atomic E-state index is 0. The molecule has 0 rings (SSSR count). The molecule has 0 atom stereocenters. The van der Waals surface area contributed by atoms with Crippen molar-refractivity contribution in [2.45, 2.75) is 0 Å². The van der Waals surface area contributed by atoms with Crippen LogP contribution in [0.1, 0.15) is 2.85 Å². The Balaban J connectivity index is 0. The van der Waals surface area contributed by atoms with E-state index in [1.165, 1.54) is 0 Å². The third-order valence-electron chi connectivity index (χ3n) is 0. The van der Waals surface area contributed by atoms with E-state index in [9.17, 15) is 0 Å². The molecule has 2 nitrogen and oxygen atoms in total. The van der Waals surface area contributed by atoms with Crippen LogP contribution >= 0.6 is 12.4 Å². The average Bonchev–Trinajstić information content (AvgIpc) is 0. The number of halogens is 1. The number of hydrogen-bond donors (Lipinski definition) is 0. The fourth-order valence-corrected chi connectivity index (χ4v) is 0. The van der Waals surface area contributed by atoms with Crippen LogP contribution in [0.4, 0.5) is 0 Å². The molecule has 0 unspecified atom stereocenters. The average molecular weight is 324 g/mol. The van der Waals surface area contributed by atoms with Crippen molar-refractivity contribution in [1.29, 1.82) is 0 Å². The molecule has 0 saturated carbocycles. The Morgan fingerprint density at radius 2 is 1.00 bits per heavy atom. The molecule has 34 valence electrons. The molecule has 0 heterocycles. The summed E-state index contributed by atoms with van der Waals surface area (Å²) in [5, 5.41) is 0. The summed E-state index contributed by atoms with van der Waals surface area (Å²) in [6, 6.07) is 0. The summed E-state index contributed by atoms with van der Waals surface area (Å²) in [5.74, 6) is 0. The van der Waals surface area contributed by atoms with Crippen LogP contribution in [0.5, 0.6) is 0 Å². The van der Waals surface area contributed by atoms with Crippen molar-refractivity contribution in [2.24, 2.45) is 0 Å². The van der Waals surface area contributed by atoms with Gasteiger partial charge in [0.2, 0.25) is 0 Å². The summed E-state index contributed by atoms with van der Waals surface area (Å²) in [7, 11) is 0. The van der Waals surface area contributed by atoms with Gasteiger partial charge in [-0.2, -0.15) is 0 Å². The molecule has 5 heteroatoms. The fourth-order valence-electron chi connectivity index (χ4n) is 0. The van der Waals surface area contributed by atoms with Crippen molar-refractivity contribution in [3.05, 3.63) is 0 Å². The fraction of sp³-hybridized carbons (Fsp3) is 0. The van der Waals surface area contributed by atoms with E-state index in [0.717, 1.165) is 0 Å². The molecule has 0 spiro atoms. The zero-order valence-corrected chi connectivity index (χ0v) is 11.3. The maximum absolute atomic E-state index is 0. The Kier molecular flexibility index (Phi) is 343. The minimum atomic E-state index is 0. The van der Waals surface area contributed by atoms with Crippen molar-refractivity contribution >= 4 is 77.4 Å². The van der Waals surface area contributed by atoms with Gasteiger partial charge in [-0.3, -0.25) is 0 Å². The first-order valence-corrected chi connectivity index (χ1v) is 0. The second kappa shape index (κ2) is 32.5. The second-order valence-corrected chi connectivity index (χ2v) is 0. The van der Waals surface area contributed by atoms with Gasteiger partial charge in [-0.15, -0.1) is 12.4 Å². The summed E-state index contributed by atoms with van der Waals surface area (Å²) in [6.45, 7) is 0. The molecular formula is H9CaClO2Pb. The molecule has 0 bridgehead atoms. The molecule has 0 saturated heterocycles. The molecule has 0 aliphatic heterocycles. The number of rotatable bonds is 0. The standard InChI is InChI=1S/Ca.ClH.2H2O.Pb.4H/h;1H;2*1H2;;;;;/q+2;;;;;;;2*-1. The molecule has 5 heavy (non-hydrogen) atoms. The van der Waals surface area contributed by atoms with Crippen LogP contribution < -0.4 is 0 Å². The van der Waals surface area contributed by atoms with E-state index in [1.807, 2.05) is 0 Å². The SMILES string of the molecule is Cl.O.O.[Ca+2].[H-].[H-].[PbH2]. The Bertz CT molecular complexity index is 15.7. The third-order valence-corrected chi connectivity index (χ3v) is 0. The van der Waals surface area contributed by atoms with E-state index in [1.54, 1.807) is 0 Å². The predicted octanol–water partition coefficient (Wildman–Crippen LogP) is -2.30. The van der Waals surface area contributed by atoms with Crippen LogP contribution in [0.25, 0.3) is 0 Å². The summed E-state index contributed by atoms with van der Waals surface area (Å²) in [6.07, 6.45) is 0. The Labute approximate surface area is 89.9 Å². The Morgan fingerprint density at radius 3 is 1.00 bits per heavy atom. The van der Waals surface area contributed by atoms with Gasteiger partial charge in [0.25, 0.3) is 0 Å². The van der Waals surface area contributed by atoms with Gasteiger partial charge in [-0.1, -0.05) is 0 Å². The van der Waals surface area contributed by atoms with Crippen molar-refractivity contribution in [3.8, 4) is 0 Å². The van der Waals surface area contributed by atoms with Crippen molar-refractivity contribution < 1.29 is 13.8 Å². The van der Waals surface area contributed by atoms with Gasteiger partial charge >= 0.3 is 65.0 Å². The zero-order valence-electron chi connectivity index (χ0n) is 4.82. The molecule has 4 N–H and O–H groups in total. The topological polar surface area (TPSA) is 63.0 Å². The van der Waals surface area contributed by atoms with Gasteiger partial charge in [-0.25, -0.2) is 0 Å². The van der Waals surface area contributed by atoms with E-state index in [4.69, 9.17) is 0 Å². The molecule has 0 fully saturated rings. The van der Waals surface area contributed by atoms with E-state index >= 15 is 0 Å². The van der Waals surface area contributed by atoms with E-state index in [2.05, 4.69) is 0 Å². The Hall–Kier alpha value is 2.39.